The molecule has 1 unspecified atom stereocenters. The van der Waals surface area contributed by atoms with E-state index in [-0.39, 0.29) is 12.0 Å². The Kier molecular flexibility index (Phi) is 4.18. The van der Waals surface area contributed by atoms with Gasteiger partial charge in [0.25, 0.3) is 0 Å². The van der Waals surface area contributed by atoms with E-state index in [1.165, 1.54) is 20.0 Å². The maximum absolute atomic E-state index is 11.9. The fraction of sp³-hybridized carbons (Fsp3) is 0.917. The first-order valence-electron chi connectivity index (χ1n) is 6.22. The van der Waals surface area contributed by atoms with Gasteiger partial charge in [-0.25, -0.2) is 0 Å². The zero-order valence-corrected chi connectivity index (χ0v) is 9.98. The van der Waals surface area contributed by atoms with E-state index < -0.39 is 0 Å². The van der Waals surface area contributed by atoms with E-state index in [0.717, 1.165) is 39.1 Å². The molecule has 0 radical (unpaired) electrons. The molecule has 0 aromatic carbocycles. The average Bonchev–Trinajstić information content (AvgIpc) is 2.84. The Morgan fingerprint density at radius 3 is 2.50 bits per heavy atom. The number of carbonyl (C=O) groups is 1. The largest absolute Gasteiger partial charge is 0.468 e. The summed E-state index contributed by atoms with van der Waals surface area (Å²) in [6.45, 7) is 3.19. The van der Waals surface area contributed by atoms with E-state index in [2.05, 4.69) is 4.90 Å². The normalized spacial score (nSPS) is 25.6. The molecule has 0 aromatic rings. The molecule has 1 saturated heterocycles. The van der Waals surface area contributed by atoms with Crippen molar-refractivity contribution in [3.8, 4) is 0 Å². The Labute approximate surface area is 96.9 Å². The van der Waals surface area contributed by atoms with Gasteiger partial charge in [-0.2, -0.15) is 0 Å². The van der Waals surface area contributed by atoms with Gasteiger partial charge in [0.15, 0.2) is 0 Å². The Bertz CT molecular complexity index is 232. The fourth-order valence-electron chi connectivity index (χ4n) is 2.89. The second-order valence-corrected chi connectivity index (χ2v) is 4.66. The standard InChI is InChI=1S/C12H21NO3/c1-15-12(14)11(10-4-2-3-5-10)13-6-8-16-9-7-13/h10-11H,2-9H2,1H3. The van der Waals surface area contributed by atoms with Crippen molar-refractivity contribution in [2.75, 3.05) is 33.4 Å². The maximum Gasteiger partial charge on any atom is 0.323 e. The third kappa shape index (κ3) is 2.55. The van der Waals surface area contributed by atoms with Gasteiger partial charge in [0.2, 0.25) is 0 Å². The molecule has 92 valence electrons. The Morgan fingerprint density at radius 1 is 1.31 bits per heavy atom. The van der Waals surface area contributed by atoms with Crippen molar-refractivity contribution in [1.29, 1.82) is 0 Å². The summed E-state index contributed by atoms with van der Waals surface area (Å²) in [4.78, 5) is 14.1. The SMILES string of the molecule is COC(=O)C(C1CCCC1)N1CCOCC1. The van der Waals surface area contributed by atoms with Crippen molar-refractivity contribution in [3.63, 3.8) is 0 Å². The van der Waals surface area contributed by atoms with Gasteiger partial charge in [0, 0.05) is 13.1 Å². The molecular weight excluding hydrogens is 206 g/mol. The summed E-state index contributed by atoms with van der Waals surface area (Å²) in [5.74, 6) is 0.430. The summed E-state index contributed by atoms with van der Waals surface area (Å²) in [5, 5.41) is 0. The van der Waals surface area contributed by atoms with Crippen LogP contribution >= 0.6 is 0 Å². The lowest BCUT2D eigenvalue weighted by Crippen LogP contribution is -2.51. The molecular formula is C12H21NO3. The molecule has 1 saturated carbocycles. The molecule has 1 heterocycles. The Morgan fingerprint density at radius 2 is 1.94 bits per heavy atom. The zero-order valence-electron chi connectivity index (χ0n) is 9.98. The summed E-state index contributed by atoms with van der Waals surface area (Å²) in [6, 6.07) is -0.0311. The fourth-order valence-corrected chi connectivity index (χ4v) is 2.89. The van der Waals surface area contributed by atoms with Gasteiger partial charge in [0.1, 0.15) is 6.04 Å². The average molecular weight is 227 g/mol. The van der Waals surface area contributed by atoms with Crippen LogP contribution in [0.15, 0.2) is 0 Å². The summed E-state index contributed by atoms with van der Waals surface area (Å²) in [7, 11) is 1.49. The number of hydrogen-bond donors (Lipinski definition) is 0. The predicted octanol–water partition coefficient (Wildman–Crippen LogP) is 1.05. The highest BCUT2D eigenvalue weighted by Gasteiger charge is 2.36. The van der Waals surface area contributed by atoms with Gasteiger partial charge in [-0.3, -0.25) is 9.69 Å². The molecule has 1 aliphatic heterocycles. The summed E-state index contributed by atoms with van der Waals surface area (Å²) < 4.78 is 10.3. The zero-order chi connectivity index (χ0) is 11.4. The number of methoxy groups -OCH3 is 1. The molecule has 0 spiro atoms. The number of esters is 1. The van der Waals surface area contributed by atoms with Crippen LogP contribution in [0.2, 0.25) is 0 Å². The molecule has 0 amide bonds. The number of rotatable bonds is 3. The lowest BCUT2D eigenvalue weighted by molar-refractivity contribution is -0.151. The van der Waals surface area contributed by atoms with Crippen molar-refractivity contribution in [3.05, 3.63) is 0 Å². The minimum Gasteiger partial charge on any atom is -0.468 e. The van der Waals surface area contributed by atoms with Crippen LogP contribution in [0.25, 0.3) is 0 Å². The lowest BCUT2D eigenvalue weighted by atomic mass is 9.96. The van der Waals surface area contributed by atoms with Crippen LogP contribution in [0, 0.1) is 5.92 Å². The van der Waals surface area contributed by atoms with Crippen LogP contribution in [-0.2, 0) is 14.3 Å². The second kappa shape index (κ2) is 5.64. The van der Waals surface area contributed by atoms with Gasteiger partial charge < -0.3 is 9.47 Å². The smallest absolute Gasteiger partial charge is 0.323 e. The van der Waals surface area contributed by atoms with Crippen molar-refractivity contribution >= 4 is 5.97 Å². The minimum atomic E-state index is -0.0613. The first-order chi connectivity index (χ1) is 7.83. The quantitative estimate of drug-likeness (QED) is 0.676. The van der Waals surface area contributed by atoms with Crippen molar-refractivity contribution in [2.45, 2.75) is 31.7 Å². The molecule has 4 nitrogen and oxygen atoms in total. The molecule has 4 heteroatoms. The first-order valence-corrected chi connectivity index (χ1v) is 6.22. The van der Waals surface area contributed by atoms with Crippen LogP contribution in [-0.4, -0.2) is 50.3 Å². The highest BCUT2D eigenvalue weighted by molar-refractivity contribution is 5.76. The molecule has 0 bridgehead atoms. The molecule has 2 fully saturated rings. The number of carbonyl (C=O) groups excluding carboxylic acids is 1. The lowest BCUT2D eigenvalue weighted by Gasteiger charge is -2.35. The van der Waals surface area contributed by atoms with Gasteiger partial charge in [-0.05, 0) is 18.8 Å². The van der Waals surface area contributed by atoms with E-state index in [1.807, 2.05) is 0 Å². The summed E-state index contributed by atoms with van der Waals surface area (Å²) in [5.41, 5.74) is 0. The van der Waals surface area contributed by atoms with E-state index in [0.29, 0.717) is 5.92 Å². The topological polar surface area (TPSA) is 38.8 Å². The highest BCUT2D eigenvalue weighted by atomic mass is 16.5. The number of nitrogens with zero attached hydrogens (tertiary/aromatic N) is 1. The van der Waals surface area contributed by atoms with Gasteiger partial charge in [-0.15, -0.1) is 0 Å². The molecule has 1 aliphatic carbocycles. The van der Waals surface area contributed by atoms with E-state index in [1.54, 1.807) is 0 Å². The molecule has 0 aromatic heterocycles. The summed E-state index contributed by atoms with van der Waals surface area (Å²) >= 11 is 0. The van der Waals surface area contributed by atoms with Crippen LogP contribution in [0.3, 0.4) is 0 Å². The third-order valence-electron chi connectivity index (χ3n) is 3.73. The van der Waals surface area contributed by atoms with Gasteiger partial charge in [-0.1, -0.05) is 12.8 Å². The highest BCUT2D eigenvalue weighted by Crippen LogP contribution is 2.31. The van der Waals surface area contributed by atoms with Crippen LogP contribution in [0.1, 0.15) is 25.7 Å². The van der Waals surface area contributed by atoms with Crippen molar-refractivity contribution in [2.24, 2.45) is 5.92 Å². The number of morpholine rings is 1. The molecule has 2 rings (SSSR count). The molecule has 1 atom stereocenters. The maximum atomic E-state index is 11.9. The molecule has 0 N–H and O–H groups in total. The third-order valence-corrected chi connectivity index (χ3v) is 3.73. The minimum absolute atomic E-state index is 0.0311. The number of hydrogen-bond acceptors (Lipinski definition) is 4. The van der Waals surface area contributed by atoms with E-state index >= 15 is 0 Å². The van der Waals surface area contributed by atoms with Crippen molar-refractivity contribution in [1.82, 2.24) is 4.90 Å². The van der Waals surface area contributed by atoms with Crippen LogP contribution in [0.5, 0.6) is 0 Å². The van der Waals surface area contributed by atoms with Crippen LogP contribution in [0.4, 0.5) is 0 Å². The monoisotopic (exact) mass is 227 g/mol. The van der Waals surface area contributed by atoms with E-state index in [9.17, 15) is 4.79 Å². The number of ether oxygens (including phenoxy) is 2. The Hall–Kier alpha value is -0.610. The first kappa shape index (κ1) is 11.9. The van der Waals surface area contributed by atoms with Gasteiger partial charge in [0.05, 0.1) is 20.3 Å². The Balaban J connectivity index is 2.03. The predicted molar refractivity (Wildman–Crippen MR) is 60.2 cm³/mol. The van der Waals surface area contributed by atoms with Crippen LogP contribution < -0.4 is 0 Å². The van der Waals surface area contributed by atoms with Crippen molar-refractivity contribution < 1.29 is 14.3 Å². The molecule has 2 aliphatic rings. The second-order valence-electron chi connectivity index (χ2n) is 4.66. The summed E-state index contributed by atoms with van der Waals surface area (Å²) in [6.07, 6.45) is 4.83. The van der Waals surface area contributed by atoms with Gasteiger partial charge >= 0.3 is 5.97 Å². The van der Waals surface area contributed by atoms with E-state index in [4.69, 9.17) is 9.47 Å². The molecule has 16 heavy (non-hydrogen) atoms.